The zero-order chi connectivity index (χ0) is 21.1. The average molecular weight is 412 g/mol. The molecule has 30 heavy (non-hydrogen) atoms. The molecule has 0 aromatic heterocycles. The molecule has 1 aromatic carbocycles. The van der Waals surface area contributed by atoms with E-state index in [4.69, 9.17) is 4.74 Å². The highest BCUT2D eigenvalue weighted by Crippen LogP contribution is 2.35. The molecule has 7 nitrogen and oxygen atoms in total. The number of anilines is 1. The van der Waals surface area contributed by atoms with Crippen molar-refractivity contribution in [2.75, 3.05) is 44.7 Å². The third-order valence-electron chi connectivity index (χ3n) is 6.43. The Bertz CT molecular complexity index is 819. The van der Waals surface area contributed by atoms with E-state index < -0.39 is 0 Å². The summed E-state index contributed by atoms with van der Waals surface area (Å²) in [4.78, 5) is 43.2. The fourth-order valence-electron chi connectivity index (χ4n) is 4.72. The first-order valence-electron chi connectivity index (χ1n) is 10.8. The van der Waals surface area contributed by atoms with E-state index in [0.717, 1.165) is 24.5 Å². The minimum absolute atomic E-state index is 0.0628. The maximum Gasteiger partial charge on any atom is 0.233 e. The average Bonchev–Trinajstić information content (AvgIpc) is 3.04. The molecule has 0 unspecified atom stereocenters. The molecule has 1 aliphatic carbocycles. The van der Waals surface area contributed by atoms with Crippen molar-refractivity contribution in [3.05, 3.63) is 36.4 Å². The largest absolute Gasteiger partial charge is 0.495 e. The summed E-state index contributed by atoms with van der Waals surface area (Å²) in [5, 5.41) is 0. The predicted octanol–water partition coefficient (Wildman–Crippen LogP) is 2.08. The first kappa shape index (κ1) is 20.4. The van der Waals surface area contributed by atoms with Gasteiger partial charge in [-0.1, -0.05) is 24.3 Å². The Morgan fingerprint density at radius 3 is 2.27 bits per heavy atom. The highest BCUT2D eigenvalue weighted by Gasteiger charge is 2.46. The lowest BCUT2D eigenvalue weighted by Gasteiger charge is -2.36. The summed E-state index contributed by atoms with van der Waals surface area (Å²) in [6.07, 6.45) is 6.17. The van der Waals surface area contributed by atoms with Gasteiger partial charge >= 0.3 is 0 Å². The molecule has 2 heterocycles. The van der Waals surface area contributed by atoms with Crippen molar-refractivity contribution in [2.45, 2.75) is 25.7 Å². The van der Waals surface area contributed by atoms with Crippen LogP contribution < -0.4 is 9.64 Å². The second kappa shape index (κ2) is 8.90. The van der Waals surface area contributed by atoms with E-state index in [1.165, 1.54) is 4.90 Å². The molecule has 4 rings (SSSR count). The molecule has 1 aromatic rings. The minimum Gasteiger partial charge on any atom is -0.495 e. The number of piperazine rings is 1. The summed E-state index contributed by atoms with van der Waals surface area (Å²) in [6, 6.07) is 7.92. The number of rotatable bonds is 6. The first-order chi connectivity index (χ1) is 14.6. The number of methoxy groups -OCH3 is 1. The lowest BCUT2D eigenvalue weighted by molar-refractivity contribution is -0.141. The van der Waals surface area contributed by atoms with Gasteiger partial charge in [-0.15, -0.1) is 0 Å². The molecule has 0 radical (unpaired) electrons. The van der Waals surface area contributed by atoms with Gasteiger partial charge in [0.2, 0.25) is 17.7 Å². The van der Waals surface area contributed by atoms with Gasteiger partial charge in [-0.05, 0) is 31.4 Å². The van der Waals surface area contributed by atoms with Gasteiger partial charge in [-0.3, -0.25) is 19.3 Å². The van der Waals surface area contributed by atoms with Gasteiger partial charge in [0.15, 0.2) is 0 Å². The Morgan fingerprint density at radius 1 is 1.00 bits per heavy atom. The summed E-state index contributed by atoms with van der Waals surface area (Å²) in [7, 11) is 1.67. The van der Waals surface area contributed by atoms with Crippen LogP contribution >= 0.6 is 0 Å². The van der Waals surface area contributed by atoms with Crippen LogP contribution in [0.15, 0.2) is 36.4 Å². The van der Waals surface area contributed by atoms with Gasteiger partial charge in [0.25, 0.3) is 0 Å². The van der Waals surface area contributed by atoms with Gasteiger partial charge in [0.05, 0.1) is 24.6 Å². The van der Waals surface area contributed by atoms with Crippen molar-refractivity contribution in [2.24, 2.45) is 11.8 Å². The number of fused-ring (bicyclic) bond motifs is 1. The number of benzene rings is 1. The lowest BCUT2D eigenvalue weighted by Crippen LogP contribution is -2.49. The van der Waals surface area contributed by atoms with Crippen molar-refractivity contribution in [1.82, 2.24) is 9.80 Å². The molecule has 3 aliphatic rings. The van der Waals surface area contributed by atoms with Crippen molar-refractivity contribution in [3.63, 3.8) is 0 Å². The molecular formula is C23H29N3O4. The number of hydrogen-bond donors (Lipinski definition) is 0. The molecule has 3 amide bonds. The summed E-state index contributed by atoms with van der Waals surface area (Å²) in [5.74, 6) is 0.419. The van der Waals surface area contributed by atoms with Crippen LogP contribution in [0.25, 0.3) is 0 Å². The van der Waals surface area contributed by atoms with Gasteiger partial charge < -0.3 is 14.5 Å². The molecule has 2 saturated heterocycles. The minimum atomic E-state index is -0.193. The SMILES string of the molecule is COc1ccccc1N1CCN(C(=O)CCCN2C(=O)[C@H]3CC=CC[C@@H]3C2=O)CC1. The molecule has 0 N–H and O–H groups in total. The number of allylic oxidation sites excluding steroid dienone is 2. The van der Waals surface area contributed by atoms with Crippen molar-refractivity contribution in [3.8, 4) is 5.75 Å². The van der Waals surface area contributed by atoms with Crippen LogP contribution in [0.3, 0.4) is 0 Å². The fraction of sp³-hybridized carbons (Fsp3) is 0.522. The quantitative estimate of drug-likeness (QED) is 0.530. The number of para-hydroxylation sites is 2. The highest BCUT2D eigenvalue weighted by atomic mass is 16.5. The van der Waals surface area contributed by atoms with E-state index >= 15 is 0 Å². The zero-order valence-corrected chi connectivity index (χ0v) is 17.5. The third-order valence-corrected chi connectivity index (χ3v) is 6.43. The number of amides is 3. The zero-order valence-electron chi connectivity index (χ0n) is 17.5. The number of nitrogens with zero attached hydrogens (tertiary/aromatic N) is 3. The fourth-order valence-corrected chi connectivity index (χ4v) is 4.72. The molecule has 7 heteroatoms. The van der Waals surface area contributed by atoms with Crippen LogP contribution in [0.1, 0.15) is 25.7 Å². The summed E-state index contributed by atoms with van der Waals surface area (Å²) >= 11 is 0. The van der Waals surface area contributed by atoms with Crippen LogP contribution in [0.5, 0.6) is 5.75 Å². The maximum absolute atomic E-state index is 12.6. The van der Waals surface area contributed by atoms with Crippen molar-refractivity contribution >= 4 is 23.4 Å². The Balaban J connectivity index is 1.24. The smallest absolute Gasteiger partial charge is 0.233 e. The number of likely N-dealkylation sites (tertiary alicyclic amines) is 1. The van der Waals surface area contributed by atoms with E-state index in [9.17, 15) is 14.4 Å². The molecule has 2 fully saturated rings. The van der Waals surface area contributed by atoms with Gasteiger partial charge in [0, 0.05) is 39.1 Å². The molecule has 0 spiro atoms. The highest BCUT2D eigenvalue weighted by molar-refractivity contribution is 6.05. The molecule has 0 saturated carbocycles. The van der Waals surface area contributed by atoms with Crippen LogP contribution in [0, 0.1) is 11.8 Å². The van der Waals surface area contributed by atoms with Gasteiger partial charge in [-0.25, -0.2) is 0 Å². The Hall–Kier alpha value is -2.83. The van der Waals surface area contributed by atoms with Crippen LogP contribution in [-0.2, 0) is 14.4 Å². The predicted molar refractivity (Wildman–Crippen MR) is 113 cm³/mol. The van der Waals surface area contributed by atoms with E-state index in [1.807, 2.05) is 41.3 Å². The van der Waals surface area contributed by atoms with Crippen molar-refractivity contribution < 1.29 is 19.1 Å². The van der Waals surface area contributed by atoms with E-state index in [2.05, 4.69) is 4.90 Å². The van der Waals surface area contributed by atoms with Gasteiger partial charge in [-0.2, -0.15) is 0 Å². The van der Waals surface area contributed by atoms with Crippen LogP contribution in [0.2, 0.25) is 0 Å². The topological polar surface area (TPSA) is 70.2 Å². The van der Waals surface area contributed by atoms with E-state index in [1.54, 1.807) is 7.11 Å². The Morgan fingerprint density at radius 2 is 1.63 bits per heavy atom. The van der Waals surface area contributed by atoms with Crippen molar-refractivity contribution in [1.29, 1.82) is 0 Å². The number of hydrogen-bond acceptors (Lipinski definition) is 5. The Kier molecular flexibility index (Phi) is 6.06. The number of carbonyl (C=O) groups is 3. The van der Waals surface area contributed by atoms with Crippen LogP contribution in [-0.4, -0.2) is 67.4 Å². The molecular weight excluding hydrogens is 382 g/mol. The maximum atomic E-state index is 12.6. The van der Waals surface area contributed by atoms with E-state index in [0.29, 0.717) is 45.3 Å². The molecule has 0 bridgehead atoms. The molecule has 2 atom stereocenters. The van der Waals surface area contributed by atoms with E-state index in [-0.39, 0.29) is 29.6 Å². The first-order valence-corrected chi connectivity index (χ1v) is 10.8. The molecule has 160 valence electrons. The third kappa shape index (κ3) is 3.93. The summed E-state index contributed by atoms with van der Waals surface area (Å²) in [6.45, 7) is 3.18. The summed E-state index contributed by atoms with van der Waals surface area (Å²) < 4.78 is 5.44. The second-order valence-corrected chi connectivity index (χ2v) is 8.13. The summed E-state index contributed by atoms with van der Waals surface area (Å²) in [5.41, 5.74) is 1.05. The number of imide groups is 1. The molecule has 2 aliphatic heterocycles. The van der Waals surface area contributed by atoms with Gasteiger partial charge in [0.1, 0.15) is 5.75 Å². The number of carbonyl (C=O) groups excluding carboxylic acids is 3. The monoisotopic (exact) mass is 411 g/mol. The second-order valence-electron chi connectivity index (χ2n) is 8.13. The normalized spacial score (nSPS) is 23.7. The van der Waals surface area contributed by atoms with Crippen LogP contribution in [0.4, 0.5) is 5.69 Å². The number of ether oxygens (including phenoxy) is 1. The standard InChI is InChI=1S/C23H29N3O4/c1-30-20-10-5-4-9-19(20)24-13-15-25(16-14-24)21(27)11-6-12-26-22(28)17-7-2-3-8-18(17)23(26)29/h2-5,9-10,17-18H,6-8,11-16H2,1H3/t17-,18-/m0/s1. The Labute approximate surface area is 177 Å². The lowest BCUT2D eigenvalue weighted by atomic mass is 9.85.